The Morgan fingerprint density at radius 2 is 1.77 bits per heavy atom. The highest BCUT2D eigenvalue weighted by atomic mass is 35.5. The van der Waals surface area contributed by atoms with Crippen molar-refractivity contribution in [3.63, 3.8) is 0 Å². The maximum Gasteiger partial charge on any atom is 0.304 e. The number of nitrogens with zero attached hydrogens (tertiary/aromatic N) is 4. The molecular weight excluding hydrogens is 679 g/mol. The van der Waals surface area contributed by atoms with Crippen molar-refractivity contribution in [2.75, 3.05) is 18.0 Å². The van der Waals surface area contributed by atoms with Crippen LogP contribution in [0.2, 0.25) is 10.0 Å². The summed E-state index contributed by atoms with van der Waals surface area (Å²) in [7, 11) is -3.88. The van der Waals surface area contributed by atoms with Gasteiger partial charge < -0.3 is 14.7 Å². The number of halogens is 2. The van der Waals surface area contributed by atoms with Gasteiger partial charge in [-0.1, -0.05) is 52.2 Å². The van der Waals surface area contributed by atoms with E-state index in [0.717, 1.165) is 94.9 Å². The number of amides is 1. The van der Waals surface area contributed by atoms with Gasteiger partial charge in [-0.05, 0) is 81.7 Å². The summed E-state index contributed by atoms with van der Waals surface area (Å²) in [6, 6.07) is 10.1. The van der Waals surface area contributed by atoms with Crippen molar-refractivity contribution in [3.8, 4) is 11.3 Å². The lowest BCUT2D eigenvalue weighted by molar-refractivity contribution is 0.0978. The highest BCUT2D eigenvalue weighted by Crippen LogP contribution is 2.47. The molecule has 0 radical (unpaired) electrons. The Labute approximate surface area is 288 Å². The smallest absolute Gasteiger partial charge is 0.304 e. The number of carbonyl (C=O) groups is 1. The van der Waals surface area contributed by atoms with Gasteiger partial charge in [-0.3, -0.25) is 4.79 Å². The first-order chi connectivity index (χ1) is 22.7. The first-order valence-corrected chi connectivity index (χ1v) is 19.4. The van der Waals surface area contributed by atoms with E-state index in [1.54, 1.807) is 17.4 Å². The summed E-state index contributed by atoms with van der Waals surface area (Å²) in [4.78, 5) is 20.5. The molecule has 5 fully saturated rings. The fourth-order valence-electron chi connectivity index (χ4n) is 7.49. The van der Waals surface area contributed by atoms with Gasteiger partial charge >= 0.3 is 10.2 Å². The van der Waals surface area contributed by atoms with Crippen LogP contribution in [-0.4, -0.2) is 60.0 Å². The Kier molecular flexibility index (Phi) is 8.25. The summed E-state index contributed by atoms with van der Waals surface area (Å²) in [5, 5.41) is 10.3. The van der Waals surface area contributed by atoms with Gasteiger partial charge in [0.2, 0.25) is 0 Å². The van der Waals surface area contributed by atoms with Crippen molar-refractivity contribution in [2.45, 2.75) is 88.9 Å². The summed E-state index contributed by atoms with van der Waals surface area (Å²) < 4.78 is 36.1. The molecule has 2 bridgehead atoms. The summed E-state index contributed by atoms with van der Waals surface area (Å²) in [6.45, 7) is 3.38. The first-order valence-electron chi connectivity index (χ1n) is 16.3. The fraction of sp³-hybridized carbons (Fsp3) is 0.485. The number of aromatic nitrogens is 2. The topological polar surface area (TPSA) is 121 Å². The Hall–Kier alpha value is -2.74. The molecule has 5 aliphatic rings. The molecule has 14 heteroatoms. The van der Waals surface area contributed by atoms with Gasteiger partial charge in [0.15, 0.2) is 5.13 Å². The average Bonchev–Trinajstić information content (AvgIpc) is 3.67. The number of aryl methyl sites for hydroxylation is 1. The lowest BCUT2D eigenvalue weighted by Gasteiger charge is -2.55. The van der Waals surface area contributed by atoms with Crippen LogP contribution < -0.4 is 14.9 Å². The molecule has 5 heterocycles. The standard InChI is InChI=1S/C33H36Cl2N6O4S2/c1-18-23(32(42)39-47(43,44)40-12-3-2-4-13-40)10-11-27-31(18)46-33(37-27)41-21-14-20(15-22(41)16-21)36-17-24-29(38-45-30(24)19-8-9-19)28-25(34)6-5-7-26(28)35/h5-7,10-11,19-22,36H,2-4,8-9,12-17H2,1H3,(H,39,42). The normalized spacial score (nSPS) is 23.2. The number of thiazole rings is 1. The van der Waals surface area contributed by atoms with Crippen LogP contribution in [0.25, 0.3) is 21.5 Å². The minimum atomic E-state index is -3.88. The summed E-state index contributed by atoms with van der Waals surface area (Å²) in [5.41, 5.74) is 4.42. The third kappa shape index (κ3) is 5.84. The maximum absolute atomic E-state index is 13.1. The van der Waals surface area contributed by atoms with Crippen molar-refractivity contribution >= 4 is 66.0 Å². The minimum Gasteiger partial charge on any atom is -0.360 e. The molecule has 3 saturated heterocycles. The number of anilines is 1. The van der Waals surface area contributed by atoms with E-state index in [-0.39, 0.29) is 0 Å². The van der Waals surface area contributed by atoms with Crippen LogP contribution in [0.3, 0.4) is 0 Å². The van der Waals surface area contributed by atoms with Gasteiger partial charge in [-0.2, -0.15) is 12.7 Å². The van der Waals surface area contributed by atoms with E-state index in [2.05, 4.69) is 20.1 Å². The second kappa shape index (κ2) is 12.3. The Bertz CT molecular complexity index is 1940. The predicted molar refractivity (Wildman–Crippen MR) is 185 cm³/mol. The fourth-order valence-corrected chi connectivity index (χ4v) is 10.5. The van der Waals surface area contributed by atoms with Crippen LogP contribution in [0.15, 0.2) is 34.9 Å². The van der Waals surface area contributed by atoms with Crippen molar-refractivity contribution in [3.05, 3.63) is 62.8 Å². The first kappa shape index (κ1) is 31.5. The second-order valence-electron chi connectivity index (χ2n) is 13.2. The zero-order valence-corrected chi connectivity index (χ0v) is 29.1. The molecular formula is C33H36Cl2N6O4S2. The van der Waals surface area contributed by atoms with E-state index in [4.69, 9.17) is 32.7 Å². The Morgan fingerprint density at radius 3 is 2.47 bits per heavy atom. The quantitative estimate of drug-likeness (QED) is 0.194. The lowest BCUT2D eigenvalue weighted by Crippen LogP contribution is -2.64. The van der Waals surface area contributed by atoms with E-state index in [1.165, 1.54) is 4.31 Å². The molecule has 10 nitrogen and oxygen atoms in total. The molecule has 2 atom stereocenters. The molecule has 2 N–H and O–H groups in total. The number of benzene rings is 2. The van der Waals surface area contributed by atoms with Gasteiger partial charge in [0.1, 0.15) is 11.5 Å². The molecule has 2 aromatic heterocycles. The number of hydrogen-bond acceptors (Lipinski definition) is 9. The van der Waals surface area contributed by atoms with Crippen LogP contribution in [0.4, 0.5) is 5.13 Å². The van der Waals surface area contributed by atoms with Crippen LogP contribution in [0.5, 0.6) is 0 Å². The van der Waals surface area contributed by atoms with Gasteiger partial charge in [-0.25, -0.2) is 9.71 Å². The lowest BCUT2D eigenvalue weighted by atomic mass is 9.77. The van der Waals surface area contributed by atoms with E-state index in [9.17, 15) is 13.2 Å². The summed E-state index contributed by atoms with van der Waals surface area (Å²) >= 11 is 14.7. The van der Waals surface area contributed by atoms with E-state index < -0.39 is 16.1 Å². The SMILES string of the molecule is Cc1c(C(=O)NS(=O)(=O)N2CCCCC2)ccc2nc(N3C4CC(NCc5c(-c6c(Cl)cccc6Cl)noc5C5CC5)CC3C4)sc12. The molecule has 0 spiro atoms. The van der Waals surface area contributed by atoms with Crippen LogP contribution in [0.1, 0.15) is 84.5 Å². The Balaban J connectivity index is 0.955. The molecule has 1 amide bonds. The zero-order valence-electron chi connectivity index (χ0n) is 26.0. The number of nitrogens with one attached hydrogen (secondary N) is 2. The maximum atomic E-state index is 13.1. The monoisotopic (exact) mass is 714 g/mol. The highest BCUT2D eigenvalue weighted by molar-refractivity contribution is 7.87. The van der Waals surface area contributed by atoms with Gasteiger partial charge in [-0.15, -0.1) is 0 Å². The largest absolute Gasteiger partial charge is 0.360 e. The third-order valence-corrected chi connectivity index (χ3v) is 13.4. The summed E-state index contributed by atoms with van der Waals surface area (Å²) in [6.07, 6.45) is 7.92. The molecule has 248 valence electrons. The van der Waals surface area contributed by atoms with E-state index >= 15 is 0 Å². The molecule has 2 unspecified atom stereocenters. The number of fused-ring (bicyclic) bond motifs is 3. The van der Waals surface area contributed by atoms with E-state index in [1.807, 2.05) is 31.2 Å². The number of rotatable bonds is 9. The predicted octanol–water partition coefficient (Wildman–Crippen LogP) is 6.80. The van der Waals surface area contributed by atoms with Gasteiger partial charge in [0, 0.05) is 60.4 Å². The molecule has 47 heavy (non-hydrogen) atoms. The van der Waals surface area contributed by atoms with Gasteiger partial charge in [0.05, 0.1) is 20.3 Å². The number of carbonyl (C=O) groups excluding carboxylic acids is 1. The molecule has 9 rings (SSSR count). The second-order valence-corrected chi connectivity index (χ2v) is 16.7. The molecule has 2 saturated carbocycles. The number of piperidine rings is 2. The molecule has 2 aliphatic carbocycles. The van der Waals surface area contributed by atoms with Crippen molar-refractivity contribution in [2.24, 2.45) is 0 Å². The molecule has 4 aromatic rings. The zero-order chi connectivity index (χ0) is 32.4. The van der Waals surface area contributed by atoms with Crippen molar-refractivity contribution in [1.82, 2.24) is 24.5 Å². The summed E-state index contributed by atoms with van der Waals surface area (Å²) in [5.74, 6) is 0.739. The van der Waals surface area contributed by atoms with Gasteiger partial charge in [0.25, 0.3) is 5.91 Å². The van der Waals surface area contributed by atoms with Crippen molar-refractivity contribution < 1.29 is 17.7 Å². The van der Waals surface area contributed by atoms with Crippen LogP contribution in [-0.2, 0) is 16.8 Å². The molecule has 3 aliphatic heterocycles. The number of hydrogen-bond donors (Lipinski definition) is 2. The van der Waals surface area contributed by atoms with Crippen LogP contribution in [0, 0.1) is 6.92 Å². The highest BCUT2D eigenvalue weighted by Gasteiger charge is 2.47. The van der Waals surface area contributed by atoms with Crippen LogP contribution >= 0.6 is 34.5 Å². The molecule has 2 aromatic carbocycles. The third-order valence-electron chi connectivity index (χ3n) is 10.1. The average molecular weight is 716 g/mol. The minimum absolute atomic E-state index is 0.333. The Morgan fingerprint density at radius 1 is 1.04 bits per heavy atom. The van der Waals surface area contributed by atoms with E-state index in [0.29, 0.717) is 59.3 Å². The van der Waals surface area contributed by atoms with Crippen molar-refractivity contribution in [1.29, 1.82) is 0 Å².